The standard InChI is InChI=1S/C11H15N3O7/c1-5(15)19-8-4-18-11(13-14-12)10(21-7(3)17)9(8)20-6(2)16/h8-11H,4H2,1-3H3/t8-,9-,10+,11+/m0/s1. The van der Waals surface area contributed by atoms with Crippen LogP contribution in [0, 0.1) is 0 Å². The van der Waals surface area contributed by atoms with E-state index in [0.29, 0.717) is 0 Å². The maximum Gasteiger partial charge on any atom is 0.303 e. The Bertz CT molecular complexity index is 474. The molecule has 0 aliphatic carbocycles. The number of nitrogens with zero attached hydrogens (tertiary/aromatic N) is 3. The highest BCUT2D eigenvalue weighted by Crippen LogP contribution is 2.25. The highest BCUT2D eigenvalue weighted by molar-refractivity contribution is 5.68. The number of esters is 3. The van der Waals surface area contributed by atoms with Gasteiger partial charge in [-0.1, -0.05) is 5.11 Å². The zero-order chi connectivity index (χ0) is 16.0. The van der Waals surface area contributed by atoms with Crippen LogP contribution in [0.2, 0.25) is 0 Å². The third kappa shape index (κ3) is 4.93. The lowest BCUT2D eigenvalue weighted by molar-refractivity contribution is -0.224. The summed E-state index contributed by atoms with van der Waals surface area (Å²) < 4.78 is 20.2. The normalized spacial score (nSPS) is 28.0. The maximum atomic E-state index is 11.2. The minimum Gasteiger partial charge on any atom is -0.456 e. The van der Waals surface area contributed by atoms with Gasteiger partial charge in [0.05, 0.1) is 6.61 Å². The van der Waals surface area contributed by atoms with Crippen LogP contribution in [0.15, 0.2) is 5.11 Å². The number of carbonyl (C=O) groups excluding carboxylic acids is 3. The van der Waals surface area contributed by atoms with E-state index >= 15 is 0 Å². The molecule has 1 fully saturated rings. The van der Waals surface area contributed by atoms with Gasteiger partial charge >= 0.3 is 17.9 Å². The van der Waals surface area contributed by atoms with Crippen LogP contribution < -0.4 is 0 Å². The fraction of sp³-hybridized carbons (Fsp3) is 0.727. The molecular weight excluding hydrogens is 286 g/mol. The van der Waals surface area contributed by atoms with E-state index in [-0.39, 0.29) is 6.61 Å². The molecule has 0 amide bonds. The lowest BCUT2D eigenvalue weighted by Gasteiger charge is -2.38. The Morgan fingerprint density at radius 2 is 1.57 bits per heavy atom. The summed E-state index contributed by atoms with van der Waals surface area (Å²) in [6, 6.07) is 0. The Morgan fingerprint density at radius 1 is 1.05 bits per heavy atom. The van der Waals surface area contributed by atoms with Gasteiger partial charge in [-0.15, -0.1) is 0 Å². The number of carbonyl (C=O) groups is 3. The minimum absolute atomic E-state index is 0.168. The summed E-state index contributed by atoms with van der Waals surface area (Å²) in [7, 11) is 0. The van der Waals surface area contributed by atoms with Crippen molar-refractivity contribution in [3.8, 4) is 0 Å². The van der Waals surface area contributed by atoms with Gasteiger partial charge in [-0.2, -0.15) is 0 Å². The van der Waals surface area contributed by atoms with Crippen molar-refractivity contribution in [3.63, 3.8) is 0 Å². The largest absolute Gasteiger partial charge is 0.456 e. The average molecular weight is 301 g/mol. The van der Waals surface area contributed by atoms with Crippen LogP contribution in [0.25, 0.3) is 10.4 Å². The molecule has 0 spiro atoms. The van der Waals surface area contributed by atoms with Gasteiger partial charge in [-0.3, -0.25) is 14.4 Å². The molecule has 1 heterocycles. The molecule has 0 aromatic carbocycles. The van der Waals surface area contributed by atoms with Crippen LogP contribution in [0.4, 0.5) is 0 Å². The molecule has 116 valence electrons. The number of ether oxygens (including phenoxy) is 4. The maximum absolute atomic E-state index is 11.2. The van der Waals surface area contributed by atoms with Gasteiger partial charge in [-0.25, -0.2) is 0 Å². The summed E-state index contributed by atoms with van der Waals surface area (Å²) in [6.07, 6.45) is -4.49. The molecule has 4 atom stereocenters. The molecule has 1 aliphatic rings. The zero-order valence-corrected chi connectivity index (χ0v) is 11.7. The van der Waals surface area contributed by atoms with Crippen molar-refractivity contribution in [2.45, 2.75) is 45.3 Å². The predicted molar refractivity (Wildman–Crippen MR) is 65.5 cm³/mol. The van der Waals surface area contributed by atoms with Crippen molar-refractivity contribution in [3.05, 3.63) is 10.4 Å². The Labute approximate surface area is 119 Å². The minimum atomic E-state index is -1.21. The monoisotopic (exact) mass is 301 g/mol. The van der Waals surface area contributed by atoms with Gasteiger partial charge in [0.2, 0.25) is 0 Å². The average Bonchev–Trinajstić information content (AvgIpc) is 2.35. The van der Waals surface area contributed by atoms with Crippen LogP contribution in [0.5, 0.6) is 0 Å². The van der Waals surface area contributed by atoms with Crippen molar-refractivity contribution >= 4 is 17.9 Å². The first-order valence-corrected chi connectivity index (χ1v) is 6.02. The summed E-state index contributed by atoms with van der Waals surface area (Å²) in [5.74, 6) is -1.98. The summed E-state index contributed by atoms with van der Waals surface area (Å²) in [4.78, 5) is 36.0. The Balaban J connectivity index is 3.05. The molecule has 0 saturated carbocycles. The Kier molecular flexibility index (Phi) is 5.94. The predicted octanol–water partition coefficient (Wildman–Crippen LogP) is 0.448. The molecule has 0 unspecified atom stereocenters. The van der Waals surface area contributed by atoms with E-state index in [0.717, 1.165) is 13.8 Å². The molecule has 21 heavy (non-hydrogen) atoms. The molecule has 0 aromatic heterocycles. The molecular formula is C11H15N3O7. The number of azide groups is 1. The molecule has 1 aliphatic heterocycles. The summed E-state index contributed by atoms with van der Waals surface area (Å²) >= 11 is 0. The quantitative estimate of drug-likeness (QED) is 0.241. The lowest BCUT2D eigenvalue weighted by atomic mass is 10.0. The number of hydrogen-bond acceptors (Lipinski definition) is 8. The molecule has 1 rings (SSSR count). The van der Waals surface area contributed by atoms with Gasteiger partial charge in [0.25, 0.3) is 0 Å². The van der Waals surface area contributed by atoms with Gasteiger partial charge in [0.15, 0.2) is 24.5 Å². The van der Waals surface area contributed by atoms with E-state index in [1.165, 1.54) is 6.92 Å². The SMILES string of the molecule is CC(=O)O[C@@H]1[C@@H](OC(C)=O)[C@H](N=[N+]=[N-])OC[C@@H]1OC(C)=O. The Hall–Kier alpha value is -2.32. The van der Waals surface area contributed by atoms with Crippen molar-refractivity contribution in [1.29, 1.82) is 0 Å². The lowest BCUT2D eigenvalue weighted by Crippen LogP contribution is -2.56. The first-order chi connectivity index (χ1) is 9.85. The molecule has 0 N–H and O–H groups in total. The molecule has 1 saturated heterocycles. The fourth-order valence-corrected chi connectivity index (χ4v) is 1.87. The van der Waals surface area contributed by atoms with Gasteiger partial charge < -0.3 is 18.9 Å². The first-order valence-electron chi connectivity index (χ1n) is 6.02. The van der Waals surface area contributed by atoms with Gasteiger partial charge in [-0.05, 0) is 5.53 Å². The van der Waals surface area contributed by atoms with E-state index in [2.05, 4.69) is 10.0 Å². The van der Waals surface area contributed by atoms with Crippen molar-refractivity contribution in [2.24, 2.45) is 5.11 Å². The van der Waals surface area contributed by atoms with Crippen LogP contribution in [-0.2, 0) is 33.3 Å². The van der Waals surface area contributed by atoms with Crippen molar-refractivity contribution in [1.82, 2.24) is 0 Å². The van der Waals surface area contributed by atoms with E-state index in [1.54, 1.807) is 0 Å². The Morgan fingerprint density at radius 3 is 2.05 bits per heavy atom. The van der Waals surface area contributed by atoms with Crippen molar-refractivity contribution < 1.29 is 33.3 Å². The molecule has 0 radical (unpaired) electrons. The highest BCUT2D eigenvalue weighted by Gasteiger charge is 2.46. The van der Waals surface area contributed by atoms with E-state index < -0.39 is 42.4 Å². The number of rotatable bonds is 4. The van der Waals surface area contributed by atoms with E-state index in [4.69, 9.17) is 24.5 Å². The van der Waals surface area contributed by atoms with Crippen LogP contribution >= 0.6 is 0 Å². The smallest absolute Gasteiger partial charge is 0.303 e. The van der Waals surface area contributed by atoms with Gasteiger partial charge in [0, 0.05) is 25.7 Å². The van der Waals surface area contributed by atoms with E-state index in [9.17, 15) is 14.4 Å². The van der Waals surface area contributed by atoms with E-state index in [1.807, 2.05) is 0 Å². The zero-order valence-electron chi connectivity index (χ0n) is 11.7. The highest BCUT2D eigenvalue weighted by atomic mass is 16.6. The third-order valence-electron chi connectivity index (χ3n) is 2.49. The molecule has 0 aromatic rings. The molecule has 10 heteroatoms. The van der Waals surface area contributed by atoms with Crippen molar-refractivity contribution in [2.75, 3.05) is 6.61 Å². The number of hydrogen-bond donors (Lipinski definition) is 0. The summed E-state index contributed by atoms with van der Waals surface area (Å²) in [6.45, 7) is 3.28. The van der Waals surface area contributed by atoms with Crippen LogP contribution in [-0.4, -0.2) is 49.1 Å². The second-order valence-corrected chi connectivity index (χ2v) is 4.22. The summed E-state index contributed by atoms with van der Waals surface area (Å²) in [5.41, 5.74) is 8.49. The second kappa shape index (κ2) is 7.46. The van der Waals surface area contributed by atoms with Crippen LogP contribution in [0.3, 0.4) is 0 Å². The third-order valence-corrected chi connectivity index (χ3v) is 2.49. The van der Waals surface area contributed by atoms with Gasteiger partial charge in [0.1, 0.15) is 0 Å². The molecule has 0 bridgehead atoms. The molecule has 10 nitrogen and oxygen atoms in total. The van der Waals surface area contributed by atoms with Crippen LogP contribution in [0.1, 0.15) is 20.8 Å². The second-order valence-electron chi connectivity index (χ2n) is 4.22. The topological polar surface area (TPSA) is 137 Å². The summed E-state index contributed by atoms with van der Waals surface area (Å²) in [5, 5.41) is 3.34. The fourth-order valence-electron chi connectivity index (χ4n) is 1.87. The first kappa shape index (κ1) is 16.7.